The van der Waals surface area contributed by atoms with Gasteiger partial charge < -0.3 is 0 Å². The van der Waals surface area contributed by atoms with Crippen molar-refractivity contribution in [3.05, 3.63) is 23.8 Å². The maximum atomic E-state index is 11.6. The average Bonchev–Trinajstić information content (AvgIpc) is 2.42. The Labute approximate surface area is 116 Å². The van der Waals surface area contributed by atoms with Crippen molar-refractivity contribution in [3.8, 4) is 0 Å². The molecule has 1 heterocycles. The summed E-state index contributed by atoms with van der Waals surface area (Å²) >= 11 is 0. The molecule has 8 nitrogen and oxygen atoms in total. The molecule has 0 radical (unpaired) electrons. The number of nitrogens with one attached hydrogen (secondary N) is 2. The van der Waals surface area contributed by atoms with Crippen LogP contribution in [0.3, 0.4) is 0 Å². The lowest BCUT2D eigenvalue weighted by Gasteiger charge is -2.01. The minimum atomic E-state index is -0.493. The van der Waals surface area contributed by atoms with Crippen LogP contribution in [-0.4, -0.2) is 33.2 Å². The van der Waals surface area contributed by atoms with E-state index in [0.29, 0.717) is 11.4 Å². The number of aromatic nitrogens is 2. The predicted molar refractivity (Wildman–Crippen MR) is 74.5 cm³/mol. The third-order valence-corrected chi connectivity index (χ3v) is 1.88. The van der Waals surface area contributed by atoms with Crippen molar-refractivity contribution in [2.24, 2.45) is 10.2 Å². The molecule has 0 fully saturated rings. The zero-order valence-electron chi connectivity index (χ0n) is 11.8. The van der Waals surface area contributed by atoms with E-state index in [9.17, 15) is 9.59 Å². The molecule has 0 spiro atoms. The summed E-state index contributed by atoms with van der Waals surface area (Å²) in [5.41, 5.74) is 6.17. The standard InChI is InChI=1S/C12H16N6O2/c1-7(2)15-17-11(19)9-5-14-10(6-13-9)12(20)18-16-8(3)4/h5-6H,1-4H3,(H,17,19)(H,18,20). The van der Waals surface area contributed by atoms with Crippen molar-refractivity contribution in [1.82, 2.24) is 20.8 Å². The highest BCUT2D eigenvalue weighted by Crippen LogP contribution is 1.96. The molecule has 20 heavy (non-hydrogen) atoms. The Bertz CT molecular complexity index is 503. The Balaban J connectivity index is 2.73. The van der Waals surface area contributed by atoms with Crippen LogP contribution in [0.2, 0.25) is 0 Å². The lowest BCUT2D eigenvalue weighted by molar-refractivity contribution is 0.0935. The first kappa shape index (κ1) is 15.4. The van der Waals surface area contributed by atoms with Crippen LogP contribution in [-0.2, 0) is 0 Å². The molecule has 2 N–H and O–H groups in total. The highest BCUT2D eigenvalue weighted by molar-refractivity contribution is 5.95. The van der Waals surface area contributed by atoms with Crippen LogP contribution in [0.25, 0.3) is 0 Å². The van der Waals surface area contributed by atoms with E-state index in [-0.39, 0.29) is 11.4 Å². The van der Waals surface area contributed by atoms with Gasteiger partial charge in [-0.25, -0.2) is 20.8 Å². The molecule has 0 aliphatic rings. The highest BCUT2D eigenvalue weighted by Gasteiger charge is 2.10. The van der Waals surface area contributed by atoms with Crippen molar-refractivity contribution in [2.45, 2.75) is 27.7 Å². The second-order valence-corrected chi connectivity index (χ2v) is 4.29. The molecule has 1 aromatic rings. The number of carbonyl (C=O) groups is 2. The van der Waals surface area contributed by atoms with Crippen LogP contribution in [0, 0.1) is 0 Å². The topological polar surface area (TPSA) is 109 Å². The Morgan fingerprint density at radius 2 is 1.20 bits per heavy atom. The minimum Gasteiger partial charge on any atom is -0.265 e. The van der Waals surface area contributed by atoms with Crippen molar-refractivity contribution in [1.29, 1.82) is 0 Å². The maximum absolute atomic E-state index is 11.6. The number of hydrogen-bond donors (Lipinski definition) is 2. The van der Waals surface area contributed by atoms with Crippen LogP contribution >= 0.6 is 0 Å². The molecule has 0 saturated heterocycles. The first-order valence-electron chi connectivity index (χ1n) is 5.84. The van der Waals surface area contributed by atoms with E-state index in [1.54, 1.807) is 27.7 Å². The minimum absolute atomic E-state index is 0.0710. The molecule has 0 aliphatic heterocycles. The molecule has 2 amide bonds. The summed E-state index contributed by atoms with van der Waals surface area (Å²) in [5.74, 6) is -0.985. The Hall–Kier alpha value is -2.64. The molecule has 8 heteroatoms. The first-order chi connectivity index (χ1) is 9.40. The van der Waals surface area contributed by atoms with Crippen molar-refractivity contribution < 1.29 is 9.59 Å². The van der Waals surface area contributed by atoms with Gasteiger partial charge in [0, 0.05) is 11.4 Å². The number of hydrogen-bond acceptors (Lipinski definition) is 6. The number of nitrogens with zero attached hydrogens (tertiary/aromatic N) is 4. The largest absolute Gasteiger partial charge is 0.291 e. The van der Waals surface area contributed by atoms with E-state index in [0.717, 1.165) is 0 Å². The zero-order chi connectivity index (χ0) is 15.1. The second-order valence-electron chi connectivity index (χ2n) is 4.29. The number of carbonyl (C=O) groups excluding carboxylic acids is 2. The molecule has 0 saturated carbocycles. The third kappa shape index (κ3) is 4.92. The summed E-state index contributed by atoms with van der Waals surface area (Å²) in [6.45, 7) is 6.98. The van der Waals surface area contributed by atoms with Crippen molar-refractivity contribution in [2.75, 3.05) is 0 Å². The molecular formula is C12H16N6O2. The Kier molecular flexibility index (Phi) is 5.45. The fourth-order valence-corrected chi connectivity index (χ4v) is 1.00. The third-order valence-electron chi connectivity index (χ3n) is 1.88. The van der Waals surface area contributed by atoms with Gasteiger partial charge in [0.15, 0.2) is 0 Å². The van der Waals surface area contributed by atoms with Gasteiger partial charge in [0.25, 0.3) is 11.8 Å². The quantitative estimate of drug-likeness (QED) is 0.624. The normalized spacial score (nSPS) is 9.40. The van der Waals surface area contributed by atoms with Crippen LogP contribution in [0.5, 0.6) is 0 Å². The summed E-state index contributed by atoms with van der Waals surface area (Å²) in [6, 6.07) is 0. The van der Waals surface area contributed by atoms with E-state index < -0.39 is 11.8 Å². The van der Waals surface area contributed by atoms with Crippen LogP contribution in [0.4, 0.5) is 0 Å². The van der Waals surface area contributed by atoms with Crippen LogP contribution in [0.15, 0.2) is 22.6 Å². The predicted octanol–water partition coefficient (Wildman–Crippen LogP) is 0.728. The SMILES string of the molecule is CC(C)=NNC(=O)c1cnc(C(=O)NN=C(C)C)cn1. The molecule has 0 atom stereocenters. The van der Waals surface area contributed by atoms with Crippen molar-refractivity contribution in [3.63, 3.8) is 0 Å². The van der Waals surface area contributed by atoms with E-state index in [1.165, 1.54) is 12.4 Å². The summed E-state index contributed by atoms with van der Waals surface area (Å²) < 4.78 is 0. The van der Waals surface area contributed by atoms with Crippen LogP contribution in [0.1, 0.15) is 48.7 Å². The van der Waals surface area contributed by atoms with Crippen molar-refractivity contribution >= 4 is 23.2 Å². The lowest BCUT2D eigenvalue weighted by atomic mass is 10.4. The Morgan fingerprint density at radius 1 is 0.850 bits per heavy atom. The highest BCUT2D eigenvalue weighted by atomic mass is 16.2. The summed E-state index contributed by atoms with van der Waals surface area (Å²) in [5, 5.41) is 7.52. The van der Waals surface area contributed by atoms with E-state index in [2.05, 4.69) is 31.0 Å². The van der Waals surface area contributed by atoms with Gasteiger partial charge in [-0.3, -0.25) is 9.59 Å². The zero-order valence-corrected chi connectivity index (χ0v) is 11.8. The number of rotatable bonds is 4. The molecule has 1 rings (SSSR count). The van der Waals surface area contributed by atoms with Gasteiger partial charge in [-0.15, -0.1) is 0 Å². The van der Waals surface area contributed by atoms with E-state index in [4.69, 9.17) is 0 Å². The van der Waals surface area contributed by atoms with Gasteiger partial charge in [-0.1, -0.05) is 0 Å². The van der Waals surface area contributed by atoms with Crippen LogP contribution < -0.4 is 10.9 Å². The van der Waals surface area contributed by atoms with Gasteiger partial charge in [-0.05, 0) is 27.7 Å². The molecule has 0 aromatic carbocycles. The lowest BCUT2D eigenvalue weighted by Crippen LogP contribution is -2.23. The summed E-state index contributed by atoms with van der Waals surface area (Å²) in [6.07, 6.45) is 2.40. The number of hydrazone groups is 2. The van der Waals surface area contributed by atoms with Gasteiger partial charge in [0.1, 0.15) is 11.4 Å². The average molecular weight is 276 g/mol. The summed E-state index contributed by atoms with van der Waals surface area (Å²) in [7, 11) is 0. The van der Waals surface area contributed by atoms with Gasteiger partial charge in [0.2, 0.25) is 0 Å². The number of amides is 2. The molecule has 0 aliphatic carbocycles. The van der Waals surface area contributed by atoms with E-state index >= 15 is 0 Å². The monoisotopic (exact) mass is 276 g/mol. The fourth-order valence-electron chi connectivity index (χ4n) is 1.00. The molecule has 0 unspecified atom stereocenters. The maximum Gasteiger partial charge on any atom is 0.291 e. The second kappa shape index (κ2) is 7.07. The van der Waals surface area contributed by atoms with E-state index in [1.807, 2.05) is 0 Å². The molecular weight excluding hydrogens is 260 g/mol. The smallest absolute Gasteiger partial charge is 0.265 e. The fraction of sp³-hybridized carbons (Fsp3) is 0.333. The molecule has 1 aromatic heterocycles. The van der Waals surface area contributed by atoms with Gasteiger partial charge in [-0.2, -0.15) is 10.2 Å². The van der Waals surface area contributed by atoms with Gasteiger partial charge in [0.05, 0.1) is 12.4 Å². The van der Waals surface area contributed by atoms with Gasteiger partial charge >= 0.3 is 0 Å². The molecule has 0 bridgehead atoms. The molecule has 106 valence electrons. The first-order valence-corrected chi connectivity index (χ1v) is 5.84. The summed E-state index contributed by atoms with van der Waals surface area (Å²) in [4.78, 5) is 30.9. The Morgan fingerprint density at radius 3 is 1.45 bits per heavy atom.